The molecule has 0 saturated carbocycles. The molecule has 7 nitrogen and oxygen atoms in total. The van der Waals surface area contributed by atoms with E-state index in [1.165, 1.54) is 12.1 Å². The summed E-state index contributed by atoms with van der Waals surface area (Å²) in [6, 6.07) is 2.97. The molecule has 0 saturated heterocycles. The summed E-state index contributed by atoms with van der Waals surface area (Å²) in [6.07, 6.45) is 0.457. The Morgan fingerprint density at radius 2 is 1.76 bits per heavy atom. The zero-order valence-corrected chi connectivity index (χ0v) is 13.6. The van der Waals surface area contributed by atoms with E-state index < -0.39 is 10.0 Å². The summed E-state index contributed by atoms with van der Waals surface area (Å²) in [4.78, 5) is 9.41. The first-order valence-electron chi connectivity index (χ1n) is 5.45. The summed E-state index contributed by atoms with van der Waals surface area (Å²) in [5.74, 6) is 0.120. The highest BCUT2D eigenvalue weighted by atomic mass is 35.5. The monoisotopic (exact) mass is 373 g/mol. The minimum absolute atomic E-state index is 0.0584. The lowest BCUT2D eigenvalue weighted by Gasteiger charge is -2.06. The van der Waals surface area contributed by atoms with E-state index in [0.717, 1.165) is 11.3 Å². The lowest BCUT2D eigenvalue weighted by molar-refractivity contribution is -0.120. The maximum absolute atomic E-state index is 11.6. The van der Waals surface area contributed by atoms with Crippen molar-refractivity contribution in [1.29, 1.82) is 0 Å². The van der Waals surface area contributed by atoms with Gasteiger partial charge in [-0.2, -0.15) is 0 Å². The number of primary sulfonamides is 1. The quantitative estimate of drug-likeness (QED) is 0.617. The molecule has 116 valence electrons. The third kappa shape index (κ3) is 3.34. The van der Waals surface area contributed by atoms with Gasteiger partial charge < -0.3 is 9.78 Å². The van der Waals surface area contributed by atoms with Gasteiger partial charge in [-0.1, -0.05) is 15.8 Å². The van der Waals surface area contributed by atoms with E-state index in [2.05, 4.69) is 8.88 Å². The zero-order chi connectivity index (χ0) is 15.6. The van der Waals surface area contributed by atoms with Crippen LogP contribution in [0.15, 0.2) is 16.3 Å². The van der Waals surface area contributed by atoms with Crippen molar-refractivity contribution in [2.24, 2.45) is 5.14 Å². The van der Waals surface area contributed by atoms with Crippen molar-refractivity contribution in [3.05, 3.63) is 17.7 Å². The molecule has 1 aromatic heterocycles. The fraction of sp³-hybridized carbons (Fsp3) is 0.200. The first-order chi connectivity index (χ1) is 9.92. The van der Waals surface area contributed by atoms with Crippen LogP contribution in [0.3, 0.4) is 0 Å². The fourth-order valence-electron chi connectivity index (χ4n) is 1.90. The number of nitrogens with two attached hydrogens (primary N) is 1. The molecule has 21 heavy (non-hydrogen) atoms. The van der Waals surface area contributed by atoms with E-state index in [0.29, 0.717) is 22.1 Å². The number of hydrogen-bond acceptors (Lipinski definition) is 7. The van der Waals surface area contributed by atoms with E-state index in [1.807, 2.05) is 0 Å². The Labute approximate surface area is 134 Å². The van der Waals surface area contributed by atoms with Gasteiger partial charge in [0, 0.05) is 16.2 Å². The van der Waals surface area contributed by atoms with E-state index >= 15 is 0 Å². The zero-order valence-electron chi connectivity index (χ0n) is 10.5. The van der Waals surface area contributed by atoms with Crippen LogP contribution in [-0.2, 0) is 25.3 Å². The highest BCUT2D eigenvalue weighted by molar-refractivity contribution is 7.91. The number of aryl methyl sites for hydroxylation is 1. The van der Waals surface area contributed by atoms with E-state index in [4.69, 9.17) is 38.6 Å². The molecule has 0 spiro atoms. The number of fused-ring (bicyclic) bond motifs is 1. The third-order valence-corrected chi connectivity index (χ3v) is 5.50. The standard InChI is InChI=1S/C10H9Cl2NO6S2/c1-2-5-6-3-7(16-18-11)8(17-19-12)4-9(6)20-10(5)21(13,14)15/h3-4H,2H2,1H3,(H2,13,14,15). The second-order valence-corrected chi connectivity index (χ2v) is 6.92. The molecule has 0 unspecified atom stereocenters. The SMILES string of the molecule is CCc1c(S(N)(=O)=O)sc2cc(OOCl)c(OOCl)cc12. The molecule has 0 amide bonds. The lowest BCUT2D eigenvalue weighted by atomic mass is 10.1. The largest absolute Gasteiger partial charge is 0.316 e. The lowest BCUT2D eigenvalue weighted by Crippen LogP contribution is -2.12. The van der Waals surface area contributed by atoms with Gasteiger partial charge in [-0.05, 0) is 18.1 Å². The molecule has 11 heteroatoms. The van der Waals surface area contributed by atoms with Gasteiger partial charge in [-0.15, -0.1) is 11.3 Å². The predicted octanol–water partition coefficient (Wildman–Crippen LogP) is 3.04. The Morgan fingerprint density at radius 1 is 1.19 bits per heavy atom. The normalized spacial score (nSPS) is 11.8. The number of sulfonamides is 1. The number of thiophene rings is 1. The summed E-state index contributed by atoms with van der Waals surface area (Å²) in [7, 11) is -3.84. The van der Waals surface area contributed by atoms with Crippen LogP contribution in [0.25, 0.3) is 10.1 Å². The maximum Gasteiger partial charge on any atom is 0.247 e. The molecule has 2 rings (SSSR count). The van der Waals surface area contributed by atoms with Crippen LogP contribution in [-0.4, -0.2) is 8.42 Å². The highest BCUT2D eigenvalue weighted by Crippen LogP contribution is 2.41. The summed E-state index contributed by atoms with van der Waals surface area (Å²) < 4.78 is 32.1. The molecule has 0 bridgehead atoms. The maximum atomic E-state index is 11.6. The van der Waals surface area contributed by atoms with Crippen molar-refractivity contribution in [2.75, 3.05) is 0 Å². The second kappa shape index (κ2) is 6.53. The van der Waals surface area contributed by atoms with Crippen LogP contribution in [0.4, 0.5) is 0 Å². The molecule has 2 aromatic rings. The molecule has 0 aliphatic rings. The second-order valence-electron chi connectivity index (χ2n) is 3.85. The predicted molar refractivity (Wildman–Crippen MR) is 77.7 cm³/mol. The van der Waals surface area contributed by atoms with Crippen LogP contribution in [0.2, 0.25) is 0 Å². The summed E-state index contributed by atoms with van der Waals surface area (Å²) >= 11 is 11.1. The van der Waals surface area contributed by atoms with Gasteiger partial charge in [0.15, 0.2) is 0 Å². The van der Waals surface area contributed by atoms with Gasteiger partial charge in [-0.25, -0.2) is 13.6 Å². The van der Waals surface area contributed by atoms with Crippen molar-refractivity contribution in [1.82, 2.24) is 0 Å². The summed E-state index contributed by atoms with van der Waals surface area (Å²) in [5, 5.41) is 5.84. The Balaban J connectivity index is 2.74. The first-order valence-corrected chi connectivity index (χ1v) is 8.43. The molecular formula is C10H9Cl2NO6S2. The highest BCUT2D eigenvalue weighted by Gasteiger charge is 2.22. The average Bonchev–Trinajstić information content (AvgIpc) is 2.77. The fourth-order valence-corrected chi connectivity index (χ4v) is 4.40. The molecule has 0 aliphatic heterocycles. The number of hydrogen-bond donors (Lipinski definition) is 1. The van der Waals surface area contributed by atoms with Gasteiger partial charge in [0.1, 0.15) is 27.9 Å². The number of halogens is 2. The van der Waals surface area contributed by atoms with Gasteiger partial charge in [0.05, 0.1) is 0 Å². The first kappa shape index (κ1) is 16.6. The smallest absolute Gasteiger partial charge is 0.247 e. The molecule has 0 radical (unpaired) electrons. The van der Waals surface area contributed by atoms with Crippen LogP contribution in [0.1, 0.15) is 12.5 Å². The molecule has 0 atom stereocenters. The van der Waals surface area contributed by atoms with Crippen LogP contribution >= 0.6 is 35.1 Å². The average molecular weight is 374 g/mol. The molecule has 1 aromatic carbocycles. The number of benzene rings is 1. The number of rotatable bonds is 6. The van der Waals surface area contributed by atoms with Crippen LogP contribution < -0.4 is 14.9 Å². The van der Waals surface area contributed by atoms with Crippen LogP contribution in [0.5, 0.6) is 11.5 Å². The minimum atomic E-state index is -3.84. The van der Waals surface area contributed by atoms with Crippen molar-refractivity contribution in [2.45, 2.75) is 17.6 Å². The van der Waals surface area contributed by atoms with E-state index in [9.17, 15) is 8.42 Å². The van der Waals surface area contributed by atoms with E-state index in [1.54, 1.807) is 6.92 Å². The Morgan fingerprint density at radius 3 is 2.24 bits per heavy atom. The molecule has 0 aliphatic carbocycles. The van der Waals surface area contributed by atoms with Gasteiger partial charge in [0.2, 0.25) is 21.5 Å². The summed E-state index contributed by atoms with van der Waals surface area (Å²) in [6.45, 7) is 1.81. The van der Waals surface area contributed by atoms with Crippen molar-refractivity contribution in [3.63, 3.8) is 0 Å². The minimum Gasteiger partial charge on any atom is -0.316 e. The van der Waals surface area contributed by atoms with Crippen molar-refractivity contribution >= 4 is 55.2 Å². The topological polar surface area (TPSA) is 97.1 Å². The van der Waals surface area contributed by atoms with Crippen molar-refractivity contribution < 1.29 is 27.1 Å². The molecular weight excluding hydrogens is 365 g/mol. The third-order valence-electron chi connectivity index (χ3n) is 2.67. The van der Waals surface area contributed by atoms with E-state index in [-0.39, 0.29) is 15.7 Å². The Hall–Kier alpha value is -0.810. The summed E-state index contributed by atoms with van der Waals surface area (Å²) in [5.41, 5.74) is 0.565. The Bertz CT molecular complexity index is 760. The molecule has 0 fully saturated rings. The molecule has 1 heterocycles. The Kier molecular flexibility index (Phi) is 5.15. The molecule has 2 N–H and O–H groups in total. The van der Waals surface area contributed by atoms with Gasteiger partial charge in [-0.3, -0.25) is 0 Å². The van der Waals surface area contributed by atoms with Gasteiger partial charge in [0.25, 0.3) is 0 Å². The van der Waals surface area contributed by atoms with Crippen LogP contribution in [0, 0.1) is 0 Å². The van der Waals surface area contributed by atoms with Gasteiger partial charge >= 0.3 is 0 Å². The van der Waals surface area contributed by atoms with Crippen molar-refractivity contribution in [3.8, 4) is 11.5 Å².